The number of rotatable bonds is 3. The van der Waals surface area contributed by atoms with Crippen molar-refractivity contribution in [3.05, 3.63) is 65.9 Å². The smallest absolute Gasteiger partial charge is 0.121 e. The number of aromatic nitrogens is 1. The topological polar surface area (TPSA) is 45.2 Å². The molecule has 3 nitrogen and oxygen atoms in total. The molecule has 3 heteroatoms. The first kappa shape index (κ1) is 13.4. The second-order valence-electron chi connectivity index (χ2n) is 5.31. The van der Waals surface area contributed by atoms with Gasteiger partial charge < -0.3 is 10.4 Å². The molecule has 0 bridgehead atoms. The van der Waals surface area contributed by atoms with Crippen molar-refractivity contribution >= 4 is 16.6 Å². The van der Waals surface area contributed by atoms with Crippen LogP contribution in [0.2, 0.25) is 0 Å². The summed E-state index contributed by atoms with van der Waals surface area (Å²) in [5.41, 5.74) is 3.85. The lowest BCUT2D eigenvalue weighted by Crippen LogP contribution is -2.07. The second-order valence-corrected chi connectivity index (χ2v) is 5.31. The highest BCUT2D eigenvalue weighted by Gasteiger charge is 2.12. The molecule has 1 heterocycles. The molecule has 0 aliphatic rings. The van der Waals surface area contributed by atoms with Gasteiger partial charge in [0.25, 0.3) is 0 Å². The molecule has 2 N–H and O–H groups in total. The molecular formula is C18H18N2O. The molecule has 0 radical (unpaired) electrons. The number of hydrogen-bond acceptors (Lipinski definition) is 3. The van der Waals surface area contributed by atoms with E-state index >= 15 is 0 Å². The zero-order valence-corrected chi connectivity index (χ0v) is 12.2. The third-order valence-corrected chi connectivity index (χ3v) is 3.66. The van der Waals surface area contributed by atoms with Crippen molar-refractivity contribution in [2.24, 2.45) is 0 Å². The SMILES string of the molecule is Cc1ccc(C(C)Nc2cccc3cccnc23)c(O)c1. The van der Waals surface area contributed by atoms with Gasteiger partial charge in [-0.15, -0.1) is 0 Å². The van der Waals surface area contributed by atoms with E-state index in [4.69, 9.17) is 0 Å². The highest BCUT2D eigenvalue weighted by atomic mass is 16.3. The zero-order chi connectivity index (χ0) is 14.8. The van der Waals surface area contributed by atoms with E-state index in [0.29, 0.717) is 5.75 Å². The highest BCUT2D eigenvalue weighted by Crippen LogP contribution is 2.30. The van der Waals surface area contributed by atoms with Crippen molar-refractivity contribution in [3.8, 4) is 5.75 Å². The second kappa shape index (κ2) is 5.44. The quantitative estimate of drug-likeness (QED) is 0.745. The number of hydrogen-bond donors (Lipinski definition) is 2. The summed E-state index contributed by atoms with van der Waals surface area (Å²) >= 11 is 0. The van der Waals surface area contributed by atoms with Gasteiger partial charge >= 0.3 is 0 Å². The number of phenols is 1. The monoisotopic (exact) mass is 278 g/mol. The van der Waals surface area contributed by atoms with Gasteiger partial charge in [0.05, 0.1) is 17.2 Å². The Morgan fingerprint density at radius 2 is 1.90 bits per heavy atom. The first-order chi connectivity index (χ1) is 10.1. The van der Waals surface area contributed by atoms with Crippen molar-refractivity contribution in [2.45, 2.75) is 19.9 Å². The fourth-order valence-corrected chi connectivity index (χ4v) is 2.55. The van der Waals surface area contributed by atoms with E-state index in [2.05, 4.69) is 10.3 Å². The number of fused-ring (bicyclic) bond motifs is 1. The fourth-order valence-electron chi connectivity index (χ4n) is 2.55. The minimum absolute atomic E-state index is 0.00166. The average Bonchev–Trinajstić information content (AvgIpc) is 2.47. The van der Waals surface area contributed by atoms with Crippen LogP contribution in [0.5, 0.6) is 5.75 Å². The van der Waals surface area contributed by atoms with Gasteiger partial charge in [0.1, 0.15) is 5.75 Å². The largest absolute Gasteiger partial charge is 0.508 e. The molecule has 3 rings (SSSR count). The number of para-hydroxylation sites is 1. The van der Waals surface area contributed by atoms with E-state index < -0.39 is 0 Å². The molecule has 0 fully saturated rings. The molecule has 0 saturated heterocycles. The van der Waals surface area contributed by atoms with Gasteiger partial charge in [-0.25, -0.2) is 0 Å². The summed E-state index contributed by atoms with van der Waals surface area (Å²) in [6.07, 6.45) is 1.79. The Hall–Kier alpha value is -2.55. The molecule has 2 aromatic carbocycles. The zero-order valence-electron chi connectivity index (χ0n) is 12.2. The Morgan fingerprint density at radius 1 is 1.10 bits per heavy atom. The van der Waals surface area contributed by atoms with E-state index in [9.17, 15) is 5.11 Å². The van der Waals surface area contributed by atoms with Gasteiger partial charge in [-0.05, 0) is 37.6 Å². The molecule has 1 aromatic heterocycles. The number of anilines is 1. The molecule has 0 saturated carbocycles. The van der Waals surface area contributed by atoms with Crippen LogP contribution in [0.4, 0.5) is 5.69 Å². The minimum Gasteiger partial charge on any atom is -0.508 e. The number of pyridine rings is 1. The fraction of sp³-hybridized carbons (Fsp3) is 0.167. The Morgan fingerprint density at radius 3 is 2.71 bits per heavy atom. The highest BCUT2D eigenvalue weighted by molar-refractivity contribution is 5.90. The van der Waals surface area contributed by atoms with Gasteiger partial charge in [-0.3, -0.25) is 4.98 Å². The molecule has 1 unspecified atom stereocenters. The van der Waals surface area contributed by atoms with E-state index in [0.717, 1.165) is 27.7 Å². The Balaban J connectivity index is 1.94. The molecule has 21 heavy (non-hydrogen) atoms. The summed E-state index contributed by atoms with van der Waals surface area (Å²) in [7, 11) is 0. The van der Waals surface area contributed by atoms with Crippen LogP contribution >= 0.6 is 0 Å². The first-order valence-corrected chi connectivity index (χ1v) is 7.05. The maximum absolute atomic E-state index is 10.1. The maximum atomic E-state index is 10.1. The van der Waals surface area contributed by atoms with E-state index in [-0.39, 0.29) is 6.04 Å². The normalized spacial score (nSPS) is 12.3. The van der Waals surface area contributed by atoms with Gasteiger partial charge in [0, 0.05) is 17.1 Å². The Bertz CT molecular complexity index is 778. The lowest BCUT2D eigenvalue weighted by molar-refractivity contribution is 0.465. The van der Waals surface area contributed by atoms with E-state index in [1.807, 2.05) is 56.3 Å². The number of aryl methyl sites for hydroxylation is 1. The number of nitrogens with one attached hydrogen (secondary N) is 1. The number of nitrogens with zero attached hydrogens (tertiary/aromatic N) is 1. The lowest BCUT2D eigenvalue weighted by Gasteiger charge is -2.18. The molecule has 0 spiro atoms. The third kappa shape index (κ3) is 2.68. The summed E-state index contributed by atoms with van der Waals surface area (Å²) in [5, 5.41) is 14.6. The molecule has 1 atom stereocenters. The summed E-state index contributed by atoms with van der Waals surface area (Å²) in [6.45, 7) is 4.00. The number of phenolic OH excluding ortho intramolecular Hbond substituents is 1. The van der Waals surface area contributed by atoms with Crippen molar-refractivity contribution in [1.82, 2.24) is 4.98 Å². The van der Waals surface area contributed by atoms with E-state index in [1.165, 1.54) is 0 Å². The van der Waals surface area contributed by atoms with Crippen LogP contribution in [0.25, 0.3) is 10.9 Å². The third-order valence-electron chi connectivity index (χ3n) is 3.66. The van der Waals surface area contributed by atoms with Crippen LogP contribution in [0, 0.1) is 6.92 Å². The average molecular weight is 278 g/mol. The molecular weight excluding hydrogens is 260 g/mol. The summed E-state index contributed by atoms with van der Waals surface area (Å²) in [5.74, 6) is 0.322. The summed E-state index contributed by atoms with van der Waals surface area (Å²) in [4.78, 5) is 4.44. The summed E-state index contributed by atoms with van der Waals surface area (Å²) in [6, 6.07) is 15.8. The van der Waals surface area contributed by atoms with Crippen molar-refractivity contribution < 1.29 is 5.11 Å². The van der Waals surface area contributed by atoms with Gasteiger partial charge in [0.15, 0.2) is 0 Å². The number of aromatic hydroxyl groups is 1. The minimum atomic E-state index is -0.00166. The van der Waals surface area contributed by atoms with Gasteiger partial charge in [0.2, 0.25) is 0 Å². The maximum Gasteiger partial charge on any atom is 0.121 e. The first-order valence-electron chi connectivity index (χ1n) is 7.05. The van der Waals surface area contributed by atoms with Crippen LogP contribution < -0.4 is 5.32 Å². The molecule has 0 aliphatic heterocycles. The van der Waals surface area contributed by atoms with Crippen LogP contribution in [-0.2, 0) is 0 Å². The lowest BCUT2D eigenvalue weighted by atomic mass is 10.0. The molecule has 0 aliphatic carbocycles. The van der Waals surface area contributed by atoms with Crippen molar-refractivity contribution in [2.75, 3.05) is 5.32 Å². The van der Waals surface area contributed by atoms with E-state index in [1.54, 1.807) is 12.3 Å². The predicted molar refractivity (Wildman–Crippen MR) is 86.6 cm³/mol. The number of benzene rings is 2. The van der Waals surface area contributed by atoms with Crippen LogP contribution in [0.15, 0.2) is 54.7 Å². The molecule has 0 amide bonds. The van der Waals surface area contributed by atoms with Gasteiger partial charge in [-0.1, -0.05) is 30.3 Å². The van der Waals surface area contributed by atoms with Crippen molar-refractivity contribution in [1.29, 1.82) is 0 Å². The Labute approximate surface area is 124 Å². The van der Waals surface area contributed by atoms with Crippen molar-refractivity contribution in [3.63, 3.8) is 0 Å². The standard InChI is InChI=1S/C18H18N2O/c1-12-8-9-15(17(21)11-12)13(2)20-16-7-3-5-14-6-4-10-19-18(14)16/h3-11,13,20-21H,1-2H3. The van der Waals surface area contributed by atoms with Crippen LogP contribution in [-0.4, -0.2) is 10.1 Å². The van der Waals surface area contributed by atoms with Crippen LogP contribution in [0.3, 0.4) is 0 Å². The predicted octanol–water partition coefficient (Wildman–Crippen LogP) is 4.42. The molecule has 106 valence electrons. The summed E-state index contributed by atoms with van der Waals surface area (Å²) < 4.78 is 0. The van der Waals surface area contributed by atoms with Gasteiger partial charge in [-0.2, -0.15) is 0 Å². The molecule has 3 aromatic rings. The Kier molecular flexibility index (Phi) is 3.48. The van der Waals surface area contributed by atoms with Crippen LogP contribution in [0.1, 0.15) is 24.1 Å².